The molecule has 2 aromatic rings. The van der Waals surface area contributed by atoms with Crippen molar-refractivity contribution in [1.29, 1.82) is 0 Å². The molecule has 122 valence electrons. The molecule has 0 N–H and O–H groups in total. The molecule has 0 radical (unpaired) electrons. The minimum Gasteiger partial charge on any atom is -0.212 e. The van der Waals surface area contributed by atoms with Crippen molar-refractivity contribution < 1.29 is 12.8 Å². The third-order valence-corrected chi connectivity index (χ3v) is 6.06. The van der Waals surface area contributed by atoms with Gasteiger partial charge in [-0.1, -0.05) is 50.2 Å². The van der Waals surface area contributed by atoms with E-state index >= 15 is 0 Å². The summed E-state index contributed by atoms with van der Waals surface area (Å²) in [5, 5.41) is 0. The molecule has 0 fully saturated rings. The molecule has 3 nitrogen and oxygen atoms in total. The van der Waals surface area contributed by atoms with Gasteiger partial charge >= 0.3 is 0 Å². The Hall–Kier alpha value is -1.72. The lowest BCUT2D eigenvalue weighted by atomic mass is 9.79. The largest absolute Gasteiger partial charge is 0.218 e. The fourth-order valence-corrected chi connectivity index (χ4v) is 4.82. The molecular formula is C18H20FNO2S. The van der Waals surface area contributed by atoms with Gasteiger partial charge in [-0.25, -0.2) is 12.8 Å². The Labute approximate surface area is 136 Å². The highest BCUT2D eigenvalue weighted by Gasteiger charge is 2.36. The molecule has 0 bridgehead atoms. The molecule has 23 heavy (non-hydrogen) atoms. The van der Waals surface area contributed by atoms with Crippen molar-refractivity contribution >= 4 is 10.0 Å². The molecule has 0 aromatic heterocycles. The van der Waals surface area contributed by atoms with Gasteiger partial charge in [-0.05, 0) is 28.8 Å². The molecule has 1 aliphatic rings. The van der Waals surface area contributed by atoms with Crippen LogP contribution in [0.5, 0.6) is 0 Å². The second-order valence-corrected chi connectivity index (χ2v) is 8.66. The van der Waals surface area contributed by atoms with E-state index in [-0.39, 0.29) is 17.0 Å². The molecule has 0 aliphatic carbocycles. The third-order valence-electron chi connectivity index (χ3n) is 4.32. The normalized spacial score (nSPS) is 17.7. The Kier molecular flexibility index (Phi) is 4.02. The van der Waals surface area contributed by atoms with Gasteiger partial charge in [-0.2, -0.15) is 4.31 Å². The van der Waals surface area contributed by atoms with Gasteiger partial charge in [-0.3, -0.25) is 0 Å². The Morgan fingerprint density at radius 3 is 2.43 bits per heavy atom. The second kappa shape index (κ2) is 5.73. The van der Waals surface area contributed by atoms with Crippen molar-refractivity contribution in [3.05, 3.63) is 71.0 Å². The predicted molar refractivity (Wildman–Crippen MR) is 88.9 cm³/mol. The van der Waals surface area contributed by atoms with E-state index in [1.807, 2.05) is 18.2 Å². The molecule has 0 spiro atoms. The van der Waals surface area contributed by atoms with Crippen LogP contribution in [-0.4, -0.2) is 19.3 Å². The maximum Gasteiger partial charge on any atom is 0.218 e. The summed E-state index contributed by atoms with van der Waals surface area (Å²) >= 11 is 0. The quantitative estimate of drug-likeness (QED) is 0.863. The lowest BCUT2D eigenvalue weighted by Crippen LogP contribution is -2.45. The summed E-state index contributed by atoms with van der Waals surface area (Å²) in [4.78, 5) is 0. The van der Waals surface area contributed by atoms with Crippen LogP contribution >= 0.6 is 0 Å². The summed E-state index contributed by atoms with van der Waals surface area (Å²) < 4.78 is 40.1. The highest BCUT2D eigenvalue weighted by Crippen LogP contribution is 2.34. The van der Waals surface area contributed by atoms with Gasteiger partial charge in [-0.15, -0.1) is 0 Å². The van der Waals surface area contributed by atoms with Crippen molar-refractivity contribution in [2.75, 3.05) is 6.54 Å². The van der Waals surface area contributed by atoms with E-state index in [9.17, 15) is 12.8 Å². The first kappa shape index (κ1) is 16.1. The van der Waals surface area contributed by atoms with Crippen molar-refractivity contribution in [3.8, 4) is 0 Å². The highest BCUT2D eigenvalue weighted by atomic mass is 32.2. The molecule has 5 heteroatoms. The smallest absolute Gasteiger partial charge is 0.212 e. The average molecular weight is 333 g/mol. The zero-order valence-electron chi connectivity index (χ0n) is 13.3. The van der Waals surface area contributed by atoms with Gasteiger partial charge < -0.3 is 0 Å². The van der Waals surface area contributed by atoms with Crippen LogP contribution in [-0.2, 0) is 27.7 Å². The summed E-state index contributed by atoms with van der Waals surface area (Å²) in [6.45, 7) is 4.97. The number of benzene rings is 2. The van der Waals surface area contributed by atoms with Gasteiger partial charge in [0.05, 0.1) is 5.75 Å². The molecule has 3 rings (SSSR count). The third kappa shape index (κ3) is 3.31. The number of hydrogen-bond donors (Lipinski definition) is 0. The van der Waals surface area contributed by atoms with Gasteiger partial charge in [0.15, 0.2) is 0 Å². The van der Waals surface area contributed by atoms with Gasteiger partial charge in [0.2, 0.25) is 10.0 Å². The van der Waals surface area contributed by atoms with Gasteiger partial charge in [0, 0.05) is 18.5 Å². The van der Waals surface area contributed by atoms with E-state index in [2.05, 4.69) is 19.9 Å². The van der Waals surface area contributed by atoms with Crippen molar-refractivity contribution in [2.24, 2.45) is 0 Å². The van der Waals surface area contributed by atoms with Crippen LogP contribution in [0.15, 0.2) is 48.5 Å². The highest BCUT2D eigenvalue weighted by molar-refractivity contribution is 7.88. The van der Waals surface area contributed by atoms with E-state index in [4.69, 9.17) is 0 Å². The van der Waals surface area contributed by atoms with Crippen LogP contribution in [0, 0.1) is 5.82 Å². The molecule has 1 heterocycles. The first-order valence-corrected chi connectivity index (χ1v) is 9.19. The fourth-order valence-electron chi connectivity index (χ4n) is 3.17. The lowest BCUT2D eigenvalue weighted by molar-refractivity contribution is 0.299. The van der Waals surface area contributed by atoms with E-state index < -0.39 is 10.0 Å². The Morgan fingerprint density at radius 1 is 1.09 bits per heavy atom. The minimum absolute atomic E-state index is 0.106. The Bertz CT molecular complexity index is 813. The van der Waals surface area contributed by atoms with E-state index in [0.29, 0.717) is 18.7 Å². The van der Waals surface area contributed by atoms with Crippen molar-refractivity contribution in [2.45, 2.75) is 31.6 Å². The fraction of sp³-hybridized carbons (Fsp3) is 0.333. The van der Waals surface area contributed by atoms with E-state index in [0.717, 1.165) is 5.56 Å². The van der Waals surface area contributed by atoms with Crippen LogP contribution in [0.25, 0.3) is 0 Å². The monoisotopic (exact) mass is 333 g/mol. The second-order valence-electron chi connectivity index (χ2n) is 6.69. The molecule has 2 aromatic carbocycles. The van der Waals surface area contributed by atoms with Crippen molar-refractivity contribution in [3.63, 3.8) is 0 Å². The van der Waals surface area contributed by atoms with Crippen LogP contribution in [0.3, 0.4) is 0 Å². The number of rotatable bonds is 3. The standard InChI is InChI=1S/C18H20FNO2S/c1-18(2)13-20(11-15-5-3-4-6-17(15)18)23(21,22)12-14-7-9-16(19)10-8-14/h3-10H,11-13H2,1-2H3. The van der Waals surface area contributed by atoms with Crippen LogP contribution in [0.1, 0.15) is 30.5 Å². The summed E-state index contributed by atoms with van der Waals surface area (Å²) in [5.74, 6) is -0.467. The van der Waals surface area contributed by atoms with E-state index in [1.54, 1.807) is 4.31 Å². The lowest BCUT2D eigenvalue weighted by Gasteiger charge is -2.39. The zero-order chi connectivity index (χ0) is 16.7. The Balaban J connectivity index is 1.88. The minimum atomic E-state index is -3.45. The summed E-state index contributed by atoms with van der Waals surface area (Å²) in [7, 11) is -3.45. The van der Waals surface area contributed by atoms with Gasteiger partial charge in [0.25, 0.3) is 0 Å². The zero-order valence-corrected chi connectivity index (χ0v) is 14.1. The molecule has 0 unspecified atom stereocenters. The first-order valence-electron chi connectivity index (χ1n) is 7.59. The SMILES string of the molecule is CC1(C)CN(S(=O)(=O)Cc2ccc(F)cc2)Cc2ccccc21. The maximum atomic E-state index is 13.0. The molecule has 1 aliphatic heterocycles. The first-order chi connectivity index (χ1) is 10.8. The number of hydrogen-bond acceptors (Lipinski definition) is 2. The molecule has 0 saturated carbocycles. The molecule has 0 amide bonds. The van der Waals surface area contributed by atoms with Crippen LogP contribution in [0.4, 0.5) is 4.39 Å². The number of halogens is 1. The molecular weight excluding hydrogens is 313 g/mol. The average Bonchev–Trinajstić information content (AvgIpc) is 2.49. The van der Waals surface area contributed by atoms with Crippen LogP contribution in [0.2, 0.25) is 0 Å². The topological polar surface area (TPSA) is 37.4 Å². The number of fused-ring (bicyclic) bond motifs is 1. The summed E-state index contributed by atoms with van der Waals surface area (Å²) in [6.07, 6.45) is 0. The number of nitrogens with zero attached hydrogens (tertiary/aromatic N) is 1. The summed E-state index contributed by atoms with van der Waals surface area (Å²) in [5.41, 5.74) is 2.62. The summed E-state index contributed by atoms with van der Waals surface area (Å²) in [6, 6.07) is 13.6. The Morgan fingerprint density at radius 2 is 1.74 bits per heavy atom. The molecule has 0 atom stereocenters. The maximum absolute atomic E-state index is 13.0. The van der Waals surface area contributed by atoms with Crippen LogP contribution < -0.4 is 0 Å². The predicted octanol–water partition coefficient (Wildman–Crippen LogP) is 3.45. The van der Waals surface area contributed by atoms with Crippen molar-refractivity contribution in [1.82, 2.24) is 4.31 Å². The molecule has 0 saturated heterocycles. The number of sulfonamides is 1. The van der Waals surface area contributed by atoms with E-state index in [1.165, 1.54) is 29.8 Å². The van der Waals surface area contributed by atoms with Gasteiger partial charge in [0.1, 0.15) is 5.82 Å².